The molecule has 534 valence electrons. The Kier molecular flexibility index (Phi) is 19.3. The van der Waals surface area contributed by atoms with E-state index in [4.69, 9.17) is 46.7 Å². The maximum atomic E-state index is 12.8. The molecule has 27 heteroatoms. The number of halogens is 6. The molecule has 0 radical (unpaired) electrons. The van der Waals surface area contributed by atoms with Gasteiger partial charge in [-0.15, -0.1) is 0 Å². The van der Waals surface area contributed by atoms with Crippen molar-refractivity contribution in [3.63, 3.8) is 0 Å². The van der Waals surface area contributed by atoms with Crippen LogP contribution in [0.25, 0.3) is 33.8 Å². The van der Waals surface area contributed by atoms with E-state index in [0.29, 0.717) is 106 Å². The molecule has 0 aromatic carbocycles. The van der Waals surface area contributed by atoms with Gasteiger partial charge in [0, 0.05) is 141 Å². The second-order valence-corrected chi connectivity index (χ2v) is 30.0. The number of nitrogen functional groups attached to an aromatic ring is 3. The second-order valence-electron chi connectivity index (χ2n) is 30.0. The highest BCUT2D eigenvalue weighted by molar-refractivity contribution is 5.67. The van der Waals surface area contributed by atoms with E-state index in [-0.39, 0.29) is 34.7 Å². The Morgan fingerprint density at radius 3 is 1.02 bits per heavy atom. The Morgan fingerprint density at radius 2 is 0.707 bits per heavy atom. The summed E-state index contributed by atoms with van der Waals surface area (Å²) < 4.78 is 114. The lowest BCUT2D eigenvalue weighted by molar-refractivity contribution is -0.0501. The summed E-state index contributed by atoms with van der Waals surface area (Å²) in [5.74, 6) is 6.83. The van der Waals surface area contributed by atoms with Gasteiger partial charge in [-0.1, -0.05) is 25.7 Å². The second kappa shape index (κ2) is 28.6. The van der Waals surface area contributed by atoms with E-state index >= 15 is 0 Å². The van der Waals surface area contributed by atoms with Gasteiger partial charge in [0.15, 0.2) is 34.7 Å². The van der Waals surface area contributed by atoms with Crippen LogP contribution in [0.1, 0.15) is 144 Å². The average Bonchev–Trinajstić information content (AvgIpc) is 1.57. The first-order chi connectivity index (χ1) is 48.2. The summed E-state index contributed by atoms with van der Waals surface area (Å²) in [6.07, 6.45) is 24.6. The number of morpholine rings is 3. The Labute approximate surface area is 573 Å². The zero-order chi connectivity index (χ0) is 67.6. The number of rotatable bonds is 20. The molecule has 6 unspecified atom stereocenters. The Hall–Kier alpha value is -6.78. The lowest BCUT2D eigenvalue weighted by atomic mass is 9.85. The molecule has 18 rings (SSSR count). The SMILES string of the molecule is Nc1ncc(-c2cc(C3[C@H]4CC(N5CCOCC5)C[C@@H]34)n(C3CCCC3)n2)cc1OC(F)F.Nc1ncc(-c2cc(C3[C@H]4CC(N5CCOCC5)C[C@@H]34)n(CC3CCC3)n2)cc1OC(F)F.Nc1ncc(-c2cc(C3[C@H]4CC(N5CCOCC5)C[C@@H]34)n(CC3CCC3)n2)cc1OC(F)F. The number of aromatic nitrogens is 9. The Morgan fingerprint density at radius 1 is 0.394 bits per heavy atom. The highest BCUT2D eigenvalue weighted by Gasteiger charge is 2.61. The summed E-state index contributed by atoms with van der Waals surface area (Å²) in [4.78, 5) is 20.0. The van der Waals surface area contributed by atoms with Crippen LogP contribution in [-0.4, -0.2) is 176 Å². The lowest BCUT2D eigenvalue weighted by Gasteiger charge is -2.33. The van der Waals surface area contributed by atoms with Crippen LogP contribution in [0.15, 0.2) is 55.0 Å². The molecule has 3 aliphatic heterocycles. The number of hydrogen-bond donors (Lipinski definition) is 3. The third kappa shape index (κ3) is 14.3. The van der Waals surface area contributed by atoms with Gasteiger partial charge in [0.1, 0.15) is 0 Å². The van der Waals surface area contributed by atoms with Gasteiger partial charge in [0.25, 0.3) is 0 Å². The molecule has 6 aromatic heterocycles. The molecule has 0 bridgehead atoms. The number of hydrogen-bond acceptors (Lipinski definition) is 18. The maximum Gasteiger partial charge on any atom is 0.387 e. The Balaban J connectivity index is 0.000000116. The van der Waals surface area contributed by atoms with Crippen molar-refractivity contribution in [2.24, 2.45) is 47.3 Å². The number of ether oxygens (including phenoxy) is 6. The van der Waals surface area contributed by atoms with Crippen LogP contribution in [-0.2, 0) is 27.3 Å². The molecule has 6 N–H and O–H groups in total. The molecular weight excluding hydrogens is 1280 g/mol. The summed E-state index contributed by atoms with van der Waals surface area (Å²) in [6, 6.07) is 13.5. The van der Waals surface area contributed by atoms with Crippen LogP contribution in [0.2, 0.25) is 0 Å². The van der Waals surface area contributed by atoms with Crippen LogP contribution < -0.4 is 31.4 Å². The van der Waals surface area contributed by atoms with Gasteiger partial charge in [0.05, 0.1) is 62.8 Å². The van der Waals surface area contributed by atoms with Gasteiger partial charge >= 0.3 is 19.8 Å². The molecular formula is C72H93F6N15O6. The molecule has 0 amide bonds. The topological polar surface area (TPSA) is 235 Å². The summed E-state index contributed by atoms with van der Waals surface area (Å²) in [5, 5.41) is 14.8. The smallest absolute Gasteiger partial charge is 0.387 e. The van der Waals surface area contributed by atoms with E-state index in [0.717, 1.165) is 122 Å². The normalized spacial score (nSPS) is 29.9. The van der Waals surface area contributed by atoms with Gasteiger partial charge in [-0.25, -0.2) is 15.0 Å². The fourth-order valence-corrected chi connectivity index (χ4v) is 18.9. The average molecular weight is 1380 g/mol. The summed E-state index contributed by atoms with van der Waals surface area (Å²) in [6.45, 7) is 4.40. The fourth-order valence-electron chi connectivity index (χ4n) is 18.9. The van der Waals surface area contributed by atoms with Crippen LogP contribution in [0.3, 0.4) is 0 Å². The van der Waals surface area contributed by atoms with Crippen molar-refractivity contribution in [3.05, 3.63) is 72.1 Å². The predicted octanol–water partition coefficient (Wildman–Crippen LogP) is 11.6. The van der Waals surface area contributed by atoms with E-state index in [1.165, 1.54) is 125 Å². The lowest BCUT2D eigenvalue weighted by Crippen LogP contribution is -2.43. The summed E-state index contributed by atoms with van der Waals surface area (Å²) in [5.41, 5.74) is 25.3. The minimum Gasteiger partial charge on any atom is -0.431 e. The number of fused-ring (bicyclic) bond motifs is 3. The van der Waals surface area contributed by atoms with Gasteiger partial charge in [-0.05, 0) is 161 Å². The highest BCUT2D eigenvalue weighted by atomic mass is 19.3. The van der Waals surface area contributed by atoms with Gasteiger partial charge in [-0.3, -0.25) is 28.7 Å². The van der Waals surface area contributed by atoms with Crippen LogP contribution in [0.4, 0.5) is 43.8 Å². The van der Waals surface area contributed by atoms with E-state index in [2.05, 4.69) is 76.1 Å². The molecule has 6 aromatic rings. The highest BCUT2D eigenvalue weighted by Crippen LogP contribution is 2.67. The standard InChI is InChI=1S/3C24H31F2N5O2/c2*25-24(26)33-21-8-15(12-28-23(21)27)19-11-20(31(29-19)13-14-2-1-3-14)22-17-9-16(10-18(17)22)30-4-6-32-7-5-30;25-24(26)33-21-9-14(13-28-23(21)27)19-12-20(31(29-19)15-3-1-2-4-15)22-17-10-16(11-18(17)22)30-5-7-32-8-6-30/h2*8,11-12,14,16-18,22,24H,1-7,9-10,13H2,(H2,27,28);9,12-13,15-18,22,24H,1-8,10-11H2,(H2,27,28)/t3*16?,17-,18+,22?. The van der Waals surface area contributed by atoms with E-state index in [1.54, 1.807) is 18.6 Å². The zero-order valence-corrected chi connectivity index (χ0v) is 56.1. The van der Waals surface area contributed by atoms with Crippen molar-refractivity contribution in [1.82, 2.24) is 59.0 Å². The number of alkyl halides is 6. The monoisotopic (exact) mass is 1380 g/mol. The quantitative estimate of drug-likeness (QED) is 0.0603. The van der Waals surface area contributed by atoms with E-state index < -0.39 is 19.8 Å². The molecule has 9 saturated carbocycles. The Bertz CT molecular complexity index is 3580. The molecule has 3 saturated heterocycles. The number of pyridine rings is 3. The van der Waals surface area contributed by atoms with Gasteiger partial charge in [0.2, 0.25) is 0 Å². The third-order valence-electron chi connectivity index (χ3n) is 24.5. The number of nitrogens with zero attached hydrogens (tertiary/aromatic N) is 12. The van der Waals surface area contributed by atoms with Crippen molar-refractivity contribution in [2.75, 3.05) is 96.1 Å². The summed E-state index contributed by atoms with van der Waals surface area (Å²) >= 11 is 0. The largest absolute Gasteiger partial charge is 0.431 e. The molecule has 0 spiro atoms. The van der Waals surface area contributed by atoms with E-state index in [9.17, 15) is 26.3 Å². The maximum absolute atomic E-state index is 12.8. The first kappa shape index (κ1) is 66.8. The first-order valence-electron chi connectivity index (χ1n) is 36.5. The predicted molar refractivity (Wildman–Crippen MR) is 357 cm³/mol. The number of anilines is 3. The molecule has 12 fully saturated rings. The minimum absolute atomic E-state index is 0.0413. The van der Waals surface area contributed by atoms with Crippen molar-refractivity contribution in [3.8, 4) is 51.0 Å². The van der Waals surface area contributed by atoms with Gasteiger partial charge < -0.3 is 45.6 Å². The van der Waals surface area contributed by atoms with E-state index in [1.807, 2.05) is 0 Å². The fraction of sp³-hybridized carbons (Fsp3) is 0.667. The zero-order valence-electron chi connectivity index (χ0n) is 56.1. The van der Waals surface area contributed by atoms with Crippen LogP contribution >= 0.6 is 0 Å². The third-order valence-corrected chi connectivity index (χ3v) is 24.5. The van der Waals surface area contributed by atoms with Crippen molar-refractivity contribution in [2.45, 2.75) is 178 Å². The molecule has 9 heterocycles. The van der Waals surface area contributed by atoms with Crippen molar-refractivity contribution < 1.29 is 54.8 Å². The molecule has 9 aliphatic carbocycles. The van der Waals surface area contributed by atoms with Crippen LogP contribution in [0.5, 0.6) is 17.2 Å². The first-order valence-corrected chi connectivity index (χ1v) is 36.5. The number of nitrogens with two attached hydrogens (primary N) is 3. The van der Waals surface area contributed by atoms with Crippen molar-refractivity contribution >= 4 is 17.5 Å². The summed E-state index contributed by atoms with van der Waals surface area (Å²) in [7, 11) is 0. The molecule has 12 atom stereocenters. The van der Waals surface area contributed by atoms with Crippen molar-refractivity contribution in [1.29, 1.82) is 0 Å². The molecule has 21 nitrogen and oxygen atoms in total. The van der Waals surface area contributed by atoms with Gasteiger partial charge in [-0.2, -0.15) is 41.6 Å². The minimum atomic E-state index is -2.94. The molecule has 12 aliphatic rings. The van der Waals surface area contributed by atoms with Crippen LogP contribution in [0, 0.1) is 47.3 Å². The molecule has 99 heavy (non-hydrogen) atoms.